The Morgan fingerprint density at radius 2 is 1.50 bits per heavy atom. The van der Waals surface area contributed by atoms with Crippen LogP contribution in [0.25, 0.3) is 22.5 Å². The van der Waals surface area contributed by atoms with Crippen LogP contribution < -0.4 is 4.90 Å². The Balaban J connectivity index is 1.06. The molecule has 1 aliphatic carbocycles. The standard InChI is InChI=1S/C29H29N5O2/c35-29(24-12-10-22(11-13-24)21-6-2-1-3-7-21)34-18-16-33(17-19-34)26-15-14-25(20-30-26)27-31-28(36-32-27)23-8-4-5-9-23/h1-3,6-7,10-15,20,23H,4-5,8-9,16-19H2. The van der Waals surface area contributed by atoms with Crippen molar-refractivity contribution in [2.75, 3.05) is 31.1 Å². The first-order valence-corrected chi connectivity index (χ1v) is 12.7. The molecule has 0 unspecified atom stereocenters. The Labute approximate surface area is 210 Å². The number of piperazine rings is 1. The lowest BCUT2D eigenvalue weighted by Crippen LogP contribution is -2.49. The summed E-state index contributed by atoms with van der Waals surface area (Å²) >= 11 is 0. The highest BCUT2D eigenvalue weighted by Gasteiger charge is 2.25. The van der Waals surface area contributed by atoms with Crippen LogP contribution in [0.4, 0.5) is 5.82 Å². The van der Waals surface area contributed by atoms with Crippen LogP contribution in [0.2, 0.25) is 0 Å². The Morgan fingerprint density at radius 3 is 2.19 bits per heavy atom. The van der Waals surface area contributed by atoms with Crippen molar-refractivity contribution >= 4 is 11.7 Å². The van der Waals surface area contributed by atoms with E-state index in [0.717, 1.165) is 59.9 Å². The van der Waals surface area contributed by atoms with Crippen LogP contribution in [0.3, 0.4) is 0 Å². The van der Waals surface area contributed by atoms with E-state index in [0.29, 0.717) is 24.8 Å². The number of hydrogen-bond donors (Lipinski definition) is 0. The smallest absolute Gasteiger partial charge is 0.253 e. The van der Waals surface area contributed by atoms with E-state index in [4.69, 9.17) is 4.52 Å². The minimum absolute atomic E-state index is 0.0766. The lowest BCUT2D eigenvalue weighted by atomic mass is 10.0. The summed E-state index contributed by atoms with van der Waals surface area (Å²) in [5.41, 5.74) is 3.85. The summed E-state index contributed by atoms with van der Waals surface area (Å²) < 4.78 is 5.51. The predicted molar refractivity (Wildman–Crippen MR) is 139 cm³/mol. The molecule has 0 N–H and O–H groups in total. The Morgan fingerprint density at radius 1 is 0.806 bits per heavy atom. The molecule has 1 saturated heterocycles. The molecule has 6 rings (SSSR count). The third-order valence-electron chi connectivity index (χ3n) is 7.28. The second-order valence-electron chi connectivity index (χ2n) is 9.57. The molecule has 4 aromatic rings. The molecule has 182 valence electrons. The first kappa shape index (κ1) is 22.5. The van der Waals surface area contributed by atoms with Gasteiger partial charge in [-0.2, -0.15) is 4.98 Å². The van der Waals surface area contributed by atoms with Gasteiger partial charge in [0.2, 0.25) is 11.7 Å². The predicted octanol–water partition coefficient (Wildman–Crippen LogP) is 5.42. The average molecular weight is 480 g/mol. The van der Waals surface area contributed by atoms with Gasteiger partial charge in [0, 0.05) is 49.4 Å². The van der Waals surface area contributed by atoms with E-state index in [9.17, 15) is 4.79 Å². The number of rotatable bonds is 5. The van der Waals surface area contributed by atoms with Crippen molar-refractivity contribution in [1.29, 1.82) is 0 Å². The first-order valence-electron chi connectivity index (χ1n) is 12.7. The van der Waals surface area contributed by atoms with Gasteiger partial charge < -0.3 is 14.3 Å². The molecule has 2 aromatic heterocycles. The van der Waals surface area contributed by atoms with E-state index < -0.39 is 0 Å². The molecule has 7 nitrogen and oxygen atoms in total. The van der Waals surface area contributed by atoms with Crippen molar-refractivity contribution in [3.63, 3.8) is 0 Å². The molecule has 1 saturated carbocycles. The fourth-order valence-electron chi connectivity index (χ4n) is 5.15. The molecule has 2 fully saturated rings. The van der Waals surface area contributed by atoms with Gasteiger partial charge in [0.25, 0.3) is 5.91 Å². The van der Waals surface area contributed by atoms with Gasteiger partial charge >= 0.3 is 0 Å². The highest BCUT2D eigenvalue weighted by Crippen LogP contribution is 2.34. The lowest BCUT2D eigenvalue weighted by Gasteiger charge is -2.35. The van der Waals surface area contributed by atoms with Crippen molar-refractivity contribution < 1.29 is 9.32 Å². The molecular weight excluding hydrogens is 450 g/mol. The van der Waals surface area contributed by atoms with Gasteiger partial charge in [-0.15, -0.1) is 0 Å². The van der Waals surface area contributed by atoms with Crippen molar-refractivity contribution in [3.8, 4) is 22.5 Å². The largest absolute Gasteiger partial charge is 0.353 e. The molecule has 0 radical (unpaired) electrons. The third kappa shape index (κ3) is 4.61. The zero-order valence-electron chi connectivity index (χ0n) is 20.2. The van der Waals surface area contributed by atoms with Crippen molar-refractivity contribution in [2.45, 2.75) is 31.6 Å². The first-order chi connectivity index (χ1) is 17.7. The maximum atomic E-state index is 13.1. The summed E-state index contributed by atoms with van der Waals surface area (Å²) in [5.74, 6) is 2.73. The van der Waals surface area contributed by atoms with Crippen LogP contribution in [0.15, 0.2) is 77.4 Å². The monoisotopic (exact) mass is 479 g/mol. The summed E-state index contributed by atoms with van der Waals surface area (Å²) in [7, 11) is 0. The Hall–Kier alpha value is -4.00. The lowest BCUT2D eigenvalue weighted by molar-refractivity contribution is 0.0746. The number of hydrogen-bond acceptors (Lipinski definition) is 6. The van der Waals surface area contributed by atoms with Gasteiger partial charge in [-0.25, -0.2) is 4.98 Å². The number of anilines is 1. The number of benzene rings is 2. The van der Waals surface area contributed by atoms with Crippen molar-refractivity contribution in [1.82, 2.24) is 20.0 Å². The number of nitrogens with zero attached hydrogens (tertiary/aromatic N) is 5. The SMILES string of the molecule is O=C(c1ccc(-c2ccccc2)cc1)N1CCN(c2ccc(-c3noc(C4CCCC4)n3)cn2)CC1. The van der Waals surface area contributed by atoms with Gasteiger partial charge in [-0.1, -0.05) is 60.5 Å². The fourth-order valence-corrected chi connectivity index (χ4v) is 5.15. The van der Waals surface area contributed by atoms with Crippen LogP contribution >= 0.6 is 0 Å². The molecule has 1 amide bonds. The van der Waals surface area contributed by atoms with Gasteiger partial charge in [0.15, 0.2) is 0 Å². The molecule has 2 aromatic carbocycles. The minimum Gasteiger partial charge on any atom is -0.353 e. The minimum atomic E-state index is 0.0766. The topological polar surface area (TPSA) is 75.4 Å². The molecule has 2 aliphatic rings. The summed E-state index contributed by atoms with van der Waals surface area (Å²) in [4.78, 5) is 26.5. The number of amides is 1. The van der Waals surface area contributed by atoms with Gasteiger partial charge in [-0.05, 0) is 48.2 Å². The zero-order chi connectivity index (χ0) is 24.3. The second kappa shape index (κ2) is 9.93. The molecule has 0 bridgehead atoms. The van der Waals surface area contributed by atoms with E-state index in [-0.39, 0.29) is 5.91 Å². The third-order valence-corrected chi connectivity index (χ3v) is 7.28. The van der Waals surface area contributed by atoms with Crippen LogP contribution in [0, 0.1) is 0 Å². The molecule has 0 atom stereocenters. The van der Waals surface area contributed by atoms with E-state index >= 15 is 0 Å². The number of carbonyl (C=O) groups excluding carboxylic acids is 1. The van der Waals surface area contributed by atoms with Gasteiger partial charge in [0.05, 0.1) is 0 Å². The zero-order valence-corrected chi connectivity index (χ0v) is 20.2. The second-order valence-corrected chi connectivity index (χ2v) is 9.57. The van der Waals surface area contributed by atoms with Crippen LogP contribution in [0.5, 0.6) is 0 Å². The van der Waals surface area contributed by atoms with Crippen LogP contribution in [0.1, 0.15) is 47.8 Å². The highest BCUT2D eigenvalue weighted by atomic mass is 16.5. The molecule has 0 spiro atoms. The highest BCUT2D eigenvalue weighted by molar-refractivity contribution is 5.95. The maximum absolute atomic E-state index is 13.1. The Kier molecular flexibility index (Phi) is 6.20. The van der Waals surface area contributed by atoms with E-state index in [2.05, 4.69) is 32.2 Å². The van der Waals surface area contributed by atoms with Gasteiger partial charge in [-0.3, -0.25) is 4.79 Å². The van der Waals surface area contributed by atoms with E-state index in [1.54, 1.807) is 0 Å². The van der Waals surface area contributed by atoms with Crippen molar-refractivity contribution in [2.24, 2.45) is 0 Å². The van der Waals surface area contributed by atoms with Gasteiger partial charge in [0.1, 0.15) is 5.82 Å². The number of carbonyl (C=O) groups is 1. The molecular formula is C29H29N5O2. The van der Waals surface area contributed by atoms with Crippen LogP contribution in [-0.4, -0.2) is 52.1 Å². The molecule has 3 heterocycles. The van der Waals surface area contributed by atoms with Crippen molar-refractivity contribution in [3.05, 3.63) is 84.4 Å². The summed E-state index contributed by atoms with van der Waals surface area (Å²) in [6, 6.07) is 22.1. The summed E-state index contributed by atoms with van der Waals surface area (Å²) in [6.45, 7) is 2.82. The van der Waals surface area contributed by atoms with E-state index in [1.807, 2.05) is 65.7 Å². The average Bonchev–Trinajstić information content (AvgIpc) is 3.66. The Bertz CT molecular complexity index is 1300. The summed E-state index contributed by atoms with van der Waals surface area (Å²) in [5, 5.41) is 4.17. The number of pyridine rings is 1. The fraction of sp³-hybridized carbons (Fsp3) is 0.310. The normalized spacial score (nSPS) is 16.4. The number of aromatic nitrogens is 3. The van der Waals surface area contributed by atoms with E-state index in [1.165, 1.54) is 12.8 Å². The van der Waals surface area contributed by atoms with Crippen LogP contribution in [-0.2, 0) is 0 Å². The molecule has 7 heteroatoms. The quantitative estimate of drug-likeness (QED) is 0.381. The molecule has 36 heavy (non-hydrogen) atoms. The molecule has 1 aliphatic heterocycles. The maximum Gasteiger partial charge on any atom is 0.253 e. The summed E-state index contributed by atoms with van der Waals surface area (Å²) in [6.07, 6.45) is 6.54.